The maximum Gasteiger partial charge on any atom is 0.452 e. The van der Waals surface area contributed by atoms with Gasteiger partial charge in [-0.15, -0.1) is 0 Å². The summed E-state index contributed by atoms with van der Waals surface area (Å²) >= 11 is 0. The first-order valence-electron chi connectivity index (χ1n) is 7.31. The van der Waals surface area contributed by atoms with E-state index in [9.17, 15) is 0 Å². The molecule has 0 aromatic carbocycles. The van der Waals surface area contributed by atoms with E-state index in [2.05, 4.69) is 6.92 Å². The van der Waals surface area contributed by atoms with Crippen molar-refractivity contribution in [3.8, 4) is 0 Å². The van der Waals surface area contributed by atoms with Gasteiger partial charge in [-0.2, -0.15) is 0 Å². The van der Waals surface area contributed by atoms with Crippen molar-refractivity contribution in [2.24, 2.45) is 0 Å². The van der Waals surface area contributed by atoms with E-state index in [1.807, 2.05) is 0 Å². The molecule has 0 fully saturated rings. The van der Waals surface area contributed by atoms with Gasteiger partial charge in [-0.3, -0.25) is 0 Å². The van der Waals surface area contributed by atoms with E-state index in [4.69, 9.17) is 20.1 Å². The van der Waals surface area contributed by atoms with Gasteiger partial charge < -0.3 is 20.1 Å². The maximum atomic E-state index is 8.94. The monoisotopic (exact) mass is 258 g/mol. The highest BCUT2D eigenvalue weighted by atomic mass is 16.4. The molecule has 0 amide bonds. The van der Waals surface area contributed by atoms with E-state index in [0.717, 1.165) is 19.3 Å². The number of unbranched alkanes of at least 4 members (excludes halogenated alkanes) is 8. The average Bonchev–Trinajstić information content (AvgIpc) is 2.30. The quantitative estimate of drug-likeness (QED) is 0.317. The highest BCUT2D eigenvalue weighted by Gasteiger charge is 2.33. The van der Waals surface area contributed by atoms with Gasteiger partial charge in [0.25, 0.3) is 0 Å². The molecule has 0 aliphatic rings. The summed E-state index contributed by atoms with van der Waals surface area (Å²) in [4.78, 5) is 0. The van der Waals surface area contributed by atoms with Crippen molar-refractivity contribution in [3.05, 3.63) is 0 Å². The Morgan fingerprint density at radius 3 is 1.44 bits per heavy atom. The molecule has 0 aromatic heterocycles. The summed E-state index contributed by atoms with van der Waals surface area (Å²) in [5.74, 6) is 0. The molecule has 0 atom stereocenters. The molecule has 0 aliphatic carbocycles. The zero-order valence-corrected chi connectivity index (χ0v) is 11.6. The fraction of sp³-hybridized carbons (Fsp3) is 1.00. The minimum absolute atomic E-state index is 0.450. The molecule has 6 heteroatoms. The van der Waals surface area contributed by atoms with Crippen molar-refractivity contribution in [3.63, 3.8) is 0 Å². The van der Waals surface area contributed by atoms with Crippen LogP contribution in [0.25, 0.3) is 0 Å². The van der Waals surface area contributed by atoms with Crippen LogP contribution in [0.1, 0.15) is 71.1 Å². The van der Waals surface area contributed by atoms with E-state index in [1.165, 1.54) is 38.5 Å². The fourth-order valence-corrected chi connectivity index (χ4v) is 2.14. The van der Waals surface area contributed by atoms with E-state index >= 15 is 0 Å². The van der Waals surface area contributed by atoms with Gasteiger partial charge >= 0.3 is 14.2 Å². The van der Waals surface area contributed by atoms with Gasteiger partial charge in [-0.25, -0.2) is 0 Å². The van der Waals surface area contributed by atoms with Crippen LogP contribution >= 0.6 is 0 Å². The van der Waals surface area contributed by atoms with E-state index in [0.29, 0.717) is 6.42 Å². The second-order valence-electron chi connectivity index (χ2n) is 5.11. The molecule has 0 spiro atoms. The Morgan fingerprint density at radius 2 is 1.06 bits per heavy atom. The molecule has 106 valence electrons. The lowest BCUT2D eigenvalue weighted by Gasteiger charge is -2.13. The first-order valence-corrected chi connectivity index (χ1v) is 7.31. The van der Waals surface area contributed by atoms with Crippen molar-refractivity contribution in [1.82, 2.24) is 0 Å². The van der Waals surface area contributed by atoms with E-state index in [-0.39, 0.29) is 0 Å². The molecule has 0 rings (SSSR count). The van der Waals surface area contributed by atoms with E-state index < -0.39 is 20.0 Å². The Bertz CT molecular complexity index is 171. The summed E-state index contributed by atoms with van der Waals surface area (Å²) in [5.41, 5.74) is -0.838. The molecule has 4 N–H and O–H groups in total. The van der Waals surface area contributed by atoms with E-state index in [1.54, 1.807) is 0 Å². The molecular formula is C12H28B2O4. The highest BCUT2D eigenvalue weighted by Crippen LogP contribution is 2.19. The Labute approximate surface area is 112 Å². The van der Waals surface area contributed by atoms with Gasteiger partial charge in [-0.1, -0.05) is 71.1 Å². The number of hydrogen-bond donors (Lipinski definition) is 4. The number of hydrogen-bond acceptors (Lipinski definition) is 4. The van der Waals surface area contributed by atoms with Gasteiger partial charge in [0.05, 0.1) is 0 Å². The largest absolute Gasteiger partial charge is 0.452 e. The van der Waals surface area contributed by atoms with Crippen molar-refractivity contribution >= 4 is 14.2 Å². The van der Waals surface area contributed by atoms with Crippen LogP contribution in [0.2, 0.25) is 5.72 Å². The Kier molecular flexibility index (Phi) is 12.0. The molecule has 0 bridgehead atoms. The normalized spacial score (nSPS) is 11.0. The smallest absolute Gasteiger partial charge is 0.427 e. The van der Waals surface area contributed by atoms with Crippen molar-refractivity contribution < 1.29 is 20.1 Å². The lowest BCUT2D eigenvalue weighted by atomic mass is 9.51. The maximum absolute atomic E-state index is 8.94. The molecule has 0 radical (unpaired) electrons. The molecule has 0 unspecified atom stereocenters. The molecule has 0 aromatic rings. The summed E-state index contributed by atoms with van der Waals surface area (Å²) in [6, 6.07) is 0. The third-order valence-electron chi connectivity index (χ3n) is 3.41. The van der Waals surface area contributed by atoms with Gasteiger partial charge in [0.15, 0.2) is 0 Å². The van der Waals surface area contributed by atoms with Crippen LogP contribution in [0.3, 0.4) is 0 Å². The second kappa shape index (κ2) is 12.0. The summed E-state index contributed by atoms with van der Waals surface area (Å²) in [6.45, 7) is 2.21. The van der Waals surface area contributed by atoms with Gasteiger partial charge in [0, 0.05) is 5.72 Å². The third kappa shape index (κ3) is 9.95. The van der Waals surface area contributed by atoms with Crippen LogP contribution in [0.5, 0.6) is 0 Å². The standard InChI is InChI=1S/C12H28B2O4/c1-2-3-4-5-6-7-8-9-10-11-12(13(15)16)14(17)18/h12,15-18H,2-11H2,1H3. The Morgan fingerprint density at radius 1 is 0.667 bits per heavy atom. The topological polar surface area (TPSA) is 80.9 Å². The predicted molar refractivity (Wildman–Crippen MR) is 76.0 cm³/mol. The van der Waals surface area contributed by atoms with Crippen LogP contribution in [-0.2, 0) is 0 Å². The minimum atomic E-state index is -1.64. The number of rotatable bonds is 12. The molecular weight excluding hydrogens is 230 g/mol. The van der Waals surface area contributed by atoms with Crippen molar-refractivity contribution in [1.29, 1.82) is 0 Å². The summed E-state index contributed by atoms with van der Waals surface area (Å²) in [7, 11) is -3.28. The SMILES string of the molecule is CCCCCCCCCCCC(B(O)O)B(O)O. The molecule has 18 heavy (non-hydrogen) atoms. The fourth-order valence-electron chi connectivity index (χ4n) is 2.14. The van der Waals surface area contributed by atoms with Crippen molar-refractivity contribution in [2.45, 2.75) is 76.8 Å². The predicted octanol–water partition coefficient (Wildman–Crippen LogP) is 1.76. The minimum Gasteiger partial charge on any atom is -0.427 e. The first-order chi connectivity index (χ1) is 8.59. The van der Waals surface area contributed by atoms with Crippen LogP contribution in [0.15, 0.2) is 0 Å². The lowest BCUT2D eigenvalue weighted by molar-refractivity contribution is 0.351. The van der Waals surface area contributed by atoms with Gasteiger partial charge in [-0.05, 0) is 0 Å². The third-order valence-corrected chi connectivity index (χ3v) is 3.41. The average molecular weight is 258 g/mol. The summed E-state index contributed by atoms with van der Waals surface area (Å²) in [5, 5.41) is 35.8. The second-order valence-corrected chi connectivity index (χ2v) is 5.11. The van der Waals surface area contributed by atoms with Crippen LogP contribution in [0.4, 0.5) is 0 Å². The summed E-state index contributed by atoms with van der Waals surface area (Å²) in [6.07, 6.45) is 11.1. The molecule has 4 nitrogen and oxygen atoms in total. The van der Waals surface area contributed by atoms with Gasteiger partial charge in [0.2, 0.25) is 0 Å². The molecule has 0 saturated carbocycles. The highest BCUT2D eigenvalue weighted by molar-refractivity contribution is 6.64. The van der Waals surface area contributed by atoms with Crippen LogP contribution in [-0.4, -0.2) is 34.3 Å². The Hall–Kier alpha value is -0.0301. The van der Waals surface area contributed by atoms with Gasteiger partial charge in [0.1, 0.15) is 0 Å². The zero-order valence-electron chi connectivity index (χ0n) is 11.6. The van der Waals surface area contributed by atoms with Crippen molar-refractivity contribution in [2.75, 3.05) is 0 Å². The molecule has 0 aliphatic heterocycles. The summed E-state index contributed by atoms with van der Waals surface area (Å²) < 4.78 is 0. The zero-order chi connectivity index (χ0) is 13.8. The lowest BCUT2D eigenvalue weighted by Crippen LogP contribution is -2.33. The molecule has 0 saturated heterocycles. The Balaban J connectivity index is 3.33. The first kappa shape index (κ1) is 18.0. The van der Waals surface area contributed by atoms with Crippen LogP contribution < -0.4 is 0 Å². The molecule has 0 heterocycles. The van der Waals surface area contributed by atoms with Crippen LogP contribution in [0, 0.1) is 0 Å².